The molecule has 0 heterocycles. The van der Waals surface area contributed by atoms with Crippen LogP contribution in [0.1, 0.15) is 90.4 Å². The highest BCUT2D eigenvalue weighted by Gasteiger charge is 2.00. The fourth-order valence-corrected chi connectivity index (χ4v) is 2.47. The van der Waals surface area contributed by atoms with Crippen molar-refractivity contribution in [1.29, 1.82) is 0 Å². The number of aliphatic hydroxyl groups excluding tert-OH is 1. The van der Waals surface area contributed by atoms with Crippen LogP contribution in [0.3, 0.4) is 0 Å². The van der Waals surface area contributed by atoms with Crippen molar-refractivity contribution in [3.8, 4) is 0 Å². The summed E-state index contributed by atoms with van der Waals surface area (Å²) >= 11 is 0. The highest BCUT2D eigenvalue weighted by molar-refractivity contribution is 5.68. The SMILES string of the molecule is CCCCCCCC(O)C=CCCCCCCCC(=O)OC. The van der Waals surface area contributed by atoms with Gasteiger partial charge in [0, 0.05) is 6.42 Å². The van der Waals surface area contributed by atoms with Crippen LogP contribution < -0.4 is 0 Å². The van der Waals surface area contributed by atoms with Gasteiger partial charge in [0.25, 0.3) is 0 Å². The maximum atomic E-state index is 10.9. The van der Waals surface area contributed by atoms with Crippen molar-refractivity contribution >= 4 is 5.97 Å². The largest absolute Gasteiger partial charge is 0.469 e. The van der Waals surface area contributed by atoms with Crippen LogP contribution in [0.5, 0.6) is 0 Å². The van der Waals surface area contributed by atoms with E-state index in [1.54, 1.807) is 0 Å². The van der Waals surface area contributed by atoms with Crippen LogP contribution in [-0.4, -0.2) is 24.3 Å². The van der Waals surface area contributed by atoms with E-state index in [2.05, 4.69) is 17.7 Å². The topological polar surface area (TPSA) is 46.5 Å². The number of unbranched alkanes of at least 4 members (excludes halogenated alkanes) is 9. The third kappa shape index (κ3) is 15.6. The second-order valence-electron chi connectivity index (χ2n) is 6.08. The summed E-state index contributed by atoms with van der Waals surface area (Å²) in [6, 6.07) is 0. The van der Waals surface area contributed by atoms with Gasteiger partial charge in [0.2, 0.25) is 0 Å². The van der Waals surface area contributed by atoms with Gasteiger partial charge in [-0.3, -0.25) is 4.79 Å². The van der Waals surface area contributed by atoms with Crippen molar-refractivity contribution in [1.82, 2.24) is 0 Å². The highest BCUT2D eigenvalue weighted by atomic mass is 16.5. The lowest BCUT2D eigenvalue weighted by molar-refractivity contribution is -0.140. The Morgan fingerprint density at radius 1 is 1.00 bits per heavy atom. The minimum Gasteiger partial charge on any atom is -0.469 e. The molecule has 1 atom stereocenters. The van der Waals surface area contributed by atoms with Gasteiger partial charge in [-0.25, -0.2) is 0 Å². The van der Waals surface area contributed by atoms with Crippen LogP contribution >= 0.6 is 0 Å². The first kappa shape index (κ1) is 21.2. The van der Waals surface area contributed by atoms with Gasteiger partial charge in [-0.15, -0.1) is 0 Å². The molecule has 3 nitrogen and oxygen atoms in total. The second-order valence-corrected chi connectivity index (χ2v) is 6.08. The summed E-state index contributed by atoms with van der Waals surface area (Å²) < 4.78 is 4.61. The summed E-state index contributed by atoms with van der Waals surface area (Å²) in [5.74, 6) is -0.105. The van der Waals surface area contributed by atoms with E-state index in [1.807, 2.05) is 6.08 Å². The number of carbonyl (C=O) groups is 1. The van der Waals surface area contributed by atoms with Gasteiger partial charge >= 0.3 is 5.97 Å². The van der Waals surface area contributed by atoms with E-state index < -0.39 is 0 Å². The number of methoxy groups -OCH3 is 1. The molecule has 0 aromatic heterocycles. The predicted octanol–water partition coefficient (Wildman–Crippen LogP) is 5.17. The molecular formula is C19H36O3. The van der Waals surface area contributed by atoms with Crippen molar-refractivity contribution in [3.05, 3.63) is 12.2 Å². The summed E-state index contributed by atoms with van der Waals surface area (Å²) in [4.78, 5) is 10.9. The summed E-state index contributed by atoms with van der Waals surface area (Å²) in [7, 11) is 1.44. The predicted molar refractivity (Wildman–Crippen MR) is 92.9 cm³/mol. The number of hydrogen-bond acceptors (Lipinski definition) is 3. The molecule has 130 valence electrons. The quantitative estimate of drug-likeness (QED) is 0.258. The smallest absolute Gasteiger partial charge is 0.305 e. The minimum absolute atomic E-state index is 0.105. The van der Waals surface area contributed by atoms with Gasteiger partial charge in [-0.1, -0.05) is 70.4 Å². The average molecular weight is 312 g/mol. The zero-order valence-corrected chi connectivity index (χ0v) is 14.7. The standard InChI is InChI=1S/C19H36O3/c1-3-4-5-9-12-15-18(20)16-13-10-7-6-8-11-14-17-19(21)22-2/h13,16,18,20H,3-12,14-15,17H2,1-2H3. The lowest BCUT2D eigenvalue weighted by Gasteiger charge is -2.05. The molecule has 0 aromatic carbocycles. The number of hydrogen-bond donors (Lipinski definition) is 1. The Labute approximate surface area is 137 Å². The second kappa shape index (κ2) is 16.5. The first-order valence-electron chi connectivity index (χ1n) is 9.12. The Morgan fingerprint density at radius 3 is 2.36 bits per heavy atom. The van der Waals surface area contributed by atoms with E-state index in [1.165, 1.54) is 45.6 Å². The van der Waals surface area contributed by atoms with Gasteiger partial charge in [-0.05, 0) is 25.7 Å². The number of esters is 1. The van der Waals surface area contributed by atoms with Gasteiger partial charge in [0.05, 0.1) is 13.2 Å². The number of rotatable bonds is 15. The third-order valence-corrected chi connectivity index (χ3v) is 3.94. The van der Waals surface area contributed by atoms with E-state index >= 15 is 0 Å². The van der Waals surface area contributed by atoms with Crippen molar-refractivity contribution in [2.75, 3.05) is 7.11 Å². The molecule has 0 saturated heterocycles. The lowest BCUT2D eigenvalue weighted by Crippen LogP contribution is -2.01. The molecule has 0 aliphatic heterocycles. The summed E-state index contributed by atoms with van der Waals surface area (Å²) in [6.45, 7) is 2.22. The highest BCUT2D eigenvalue weighted by Crippen LogP contribution is 2.10. The zero-order valence-electron chi connectivity index (χ0n) is 14.7. The number of ether oxygens (including phenoxy) is 1. The average Bonchev–Trinajstić information content (AvgIpc) is 2.52. The molecule has 0 bridgehead atoms. The van der Waals surface area contributed by atoms with Crippen LogP contribution in [0.15, 0.2) is 12.2 Å². The third-order valence-electron chi connectivity index (χ3n) is 3.94. The molecule has 0 aromatic rings. The Balaban J connectivity index is 3.30. The molecule has 0 amide bonds. The van der Waals surface area contributed by atoms with Gasteiger partial charge < -0.3 is 9.84 Å². The summed E-state index contributed by atoms with van der Waals surface area (Å²) in [5, 5.41) is 9.82. The van der Waals surface area contributed by atoms with E-state index in [-0.39, 0.29) is 12.1 Å². The van der Waals surface area contributed by atoms with Crippen molar-refractivity contribution in [2.24, 2.45) is 0 Å². The van der Waals surface area contributed by atoms with Crippen LogP contribution in [0.25, 0.3) is 0 Å². The van der Waals surface area contributed by atoms with Crippen molar-refractivity contribution in [3.63, 3.8) is 0 Å². The molecule has 0 saturated carbocycles. The van der Waals surface area contributed by atoms with E-state index in [4.69, 9.17) is 0 Å². The maximum Gasteiger partial charge on any atom is 0.305 e. The molecule has 0 fully saturated rings. The fraction of sp³-hybridized carbons (Fsp3) is 0.842. The van der Waals surface area contributed by atoms with E-state index in [9.17, 15) is 9.90 Å². The number of allylic oxidation sites excluding steroid dienone is 1. The molecule has 0 radical (unpaired) electrons. The molecule has 0 aliphatic carbocycles. The molecule has 1 N–H and O–H groups in total. The first-order valence-corrected chi connectivity index (χ1v) is 9.12. The Morgan fingerprint density at radius 2 is 1.64 bits per heavy atom. The van der Waals surface area contributed by atoms with E-state index in [0.717, 1.165) is 38.5 Å². The Bertz CT molecular complexity index is 274. The van der Waals surface area contributed by atoms with Crippen LogP contribution in [0.4, 0.5) is 0 Å². The van der Waals surface area contributed by atoms with Crippen LogP contribution in [0.2, 0.25) is 0 Å². The zero-order chi connectivity index (χ0) is 16.5. The number of carbonyl (C=O) groups excluding carboxylic acids is 1. The molecule has 3 heteroatoms. The van der Waals surface area contributed by atoms with Gasteiger partial charge in [0.1, 0.15) is 0 Å². The lowest BCUT2D eigenvalue weighted by atomic mass is 10.1. The van der Waals surface area contributed by atoms with Gasteiger partial charge in [0.15, 0.2) is 0 Å². The Hall–Kier alpha value is -0.830. The van der Waals surface area contributed by atoms with Crippen molar-refractivity contribution in [2.45, 2.75) is 96.5 Å². The Kier molecular flexibility index (Phi) is 15.9. The summed E-state index contributed by atoms with van der Waals surface area (Å²) in [5.41, 5.74) is 0. The molecular weight excluding hydrogens is 276 g/mol. The minimum atomic E-state index is -0.262. The number of aliphatic hydroxyl groups is 1. The van der Waals surface area contributed by atoms with Crippen LogP contribution in [-0.2, 0) is 9.53 Å². The normalized spacial score (nSPS) is 12.7. The maximum absolute atomic E-state index is 10.9. The first-order chi connectivity index (χ1) is 10.7. The fourth-order valence-electron chi connectivity index (χ4n) is 2.47. The van der Waals surface area contributed by atoms with Gasteiger partial charge in [-0.2, -0.15) is 0 Å². The monoisotopic (exact) mass is 312 g/mol. The molecule has 1 unspecified atom stereocenters. The molecule has 22 heavy (non-hydrogen) atoms. The van der Waals surface area contributed by atoms with E-state index in [0.29, 0.717) is 6.42 Å². The van der Waals surface area contributed by atoms with Crippen molar-refractivity contribution < 1.29 is 14.6 Å². The summed E-state index contributed by atoms with van der Waals surface area (Å²) in [6.07, 6.45) is 18.1. The molecule has 0 aliphatic rings. The molecule has 0 spiro atoms. The van der Waals surface area contributed by atoms with Crippen LogP contribution in [0, 0.1) is 0 Å². The molecule has 0 rings (SSSR count).